The summed E-state index contributed by atoms with van der Waals surface area (Å²) in [5, 5.41) is 3.80. The van der Waals surface area contributed by atoms with E-state index in [9.17, 15) is 0 Å². The summed E-state index contributed by atoms with van der Waals surface area (Å²) in [6.07, 6.45) is 7.38. The molecule has 0 fully saturated rings. The van der Waals surface area contributed by atoms with Crippen molar-refractivity contribution in [3.05, 3.63) is 0 Å². The van der Waals surface area contributed by atoms with Gasteiger partial charge in [-0.1, -0.05) is 41.0 Å². The van der Waals surface area contributed by atoms with Crippen LogP contribution in [0, 0.1) is 0 Å². The lowest BCUT2D eigenvalue weighted by Gasteiger charge is -2.41. The second-order valence-corrected chi connectivity index (χ2v) is 6.03. The molecule has 0 aliphatic carbocycles. The summed E-state index contributed by atoms with van der Waals surface area (Å²) < 4.78 is 5.36. The lowest BCUT2D eigenvalue weighted by molar-refractivity contribution is 0.0583. The smallest absolute Gasteiger partial charge is 0.0589 e. The molecule has 0 amide bonds. The van der Waals surface area contributed by atoms with Gasteiger partial charge < -0.3 is 10.1 Å². The van der Waals surface area contributed by atoms with Crippen LogP contribution < -0.4 is 5.32 Å². The molecule has 0 bridgehead atoms. The Bertz CT molecular complexity index is 219. The van der Waals surface area contributed by atoms with Crippen LogP contribution in [0.15, 0.2) is 0 Å². The molecular formula is C18H40N2O. The quantitative estimate of drug-likeness (QED) is 0.523. The first-order chi connectivity index (χ1) is 10.2. The van der Waals surface area contributed by atoms with E-state index in [1.54, 1.807) is 0 Å². The van der Waals surface area contributed by atoms with Crippen LogP contribution in [0.3, 0.4) is 0 Å². The van der Waals surface area contributed by atoms with Crippen molar-refractivity contribution in [1.29, 1.82) is 0 Å². The maximum absolute atomic E-state index is 5.36. The highest BCUT2D eigenvalue weighted by Crippen LogP contribution is 2.20. The highest BCUT2D eigenvalue weighted by Gasteiger charge is 2.28. The van der Waals surface area contributed by atoms with Gasteiger partial charge in [-0.3, -0.25) is 4.90 Å². The number of methoxy groups -OCH3 is 1. The van der Waals surface area contributed by atoms with Gasteiger partial charge in [-0.15, -0.1) is 0 Å². The zero-order chi connectivity index (χ0) is 16.1. The summed E-state index contributed by atoms with van der Waals surface area (Å²) >= 11 is 0. The van der Waals surface area contributed by atoms with E-state index in [1.165, 1.54) is 38.5 Å². The van der Waals surface area contributed by atoms with Gasteiger partial charge in [0.2, 0.25) is 0 Å². The van der Waals surface area contributed by atoms with Crippen molar-refractivity contribution < 1.29 is 4.74 Å². The first-order valence-electron chi connectivity index (χ1n) is 9.17. The number of ether oxygens (including phenoxy) is 1. The maximum atomic E-state index is 5.36. The molecule has 0 saturated carbocycles. The summed E-state index contributed by atoms with van der Waals surface area (Å²) in [4.78, 5) is 2.71. The fraction of sp³-hybridized carbons (Fsp3) is 1.00. The summed E-state index contributed by atoms with van der Waals surface area (Å²) in [6.45, 7) is 14.5. The zero-order valence-corrected chi connectivity index (χ0v) is 15.5. The normalized spacial score (nSPS) is 14.9. The summed E-state index contributed by atoms with van der Waals surface area (Å²) in [5.41, 5.74) is 0. The van der Waals surface area contributed by atoms with Gasteiger partial charge in [-0.05, 0) is 38.6 Å². The third kappa shape index (κ3) is 7.62. The molecule has 3 heteroatoms. The molecule has 1 N–H and O–H groups in total. The number of rotatable bonds is 14. The standard InChI is InChI=1S/C18H40N2O/c1-7-12-17(19-13-8-2)18(11-5)20(14-15-21-6)16(9-3)10-4/h16-19H,7-15H2,1-6H3. The van der Waals surface area contributed by atoms with E-state index in [0.717, 1.165) is 19.7 Å². The van der Waals surface area contributed by atoms with Crippen LogP contribution in [-0.4, -0.2) is 49.8 Å². The average molecular weight is 301 g/mol. The molecule has 0 rings (SSSR count). The molecule has 0 spiro atoms. The van der Waals surface area contributed by atoms with Gasteiger partial charge in [0.1, 0.15) is 0 Å². The van der Waals surface area contributed by atoms with Gasteiger partial charge in [-0.2, -0.15) is 0 Å². The van der Waals surface area contributed by atoms with E-state index in [1.807, 2.05) is 7.11 Å². The topological polar surface area (TPSA) is 24.5 Å². The third-order valence-corrected chi connectivity index (χ3v) is 4.53. The van der Waals surface area contributed by atoms with Crippen molar-refractivity contribution in [1.82, 2.24) is 10.2 Å². The minimum atomic E-state index is 0.609. The predicted octanol–water partition coefficient (Wildman–Crippen LogP) is 4.07. The molecule has 128 valence electrons. The van der Waals surface area contributed by atoms with Crippen molar-refractivity contribution in [2.24, 2.45) is 0 Å². The van der Waals surface area contributed by atoms with E-state index in [4.69, 9.17) is 4.74 Å². The Morgan fingerprint density at radius 3 is 2.05 bits per heavy atom. The first-order valence-corrected chi connectivity index (χ1v) is 9.17. The fourth-order valence-corrected chi connectivity index (χ4v) is 3.39. The van der Waals surface area contributed by atoms with Crippen LogP contribution in [0.2, 0.25) is 0 Å². The monoisotopic (exact) mass is 300 g/mol. The van der Waals surface area contributed by atoms with Crippen molar-refractivity contribution in [3.63, 3.8) is 0 Å². The van der Waals surface area contributed by atoms with Gasteiger partial charge in [0, 0.05) is 31.8 Å². The van der Waals surface area contributed by atoms with E-state index in [2.05, 4.69) is 44.8 Å². The van der Waals surface area contributed by atoms with Gasteiger partial charge in [0.25, 0.3) is 0 Å². The molecule has 0 aliphatic rings. The lowest BCUT2D eigenvalue weighted by atomic mass is 9.96. The van der Waals surface area contributed by atoms with Crippen molar-refractivity contribution in [2.45, 2.75) is 91.3 Å². The Morgan fingerprint density at radius 1 is 0.952 bits per heavy atom. The average Bonchev–Trinajstić information content (AvgIpc) is 2.51. The van der Waals surface area contributed by atoms with Gasteiger partial charge in [0.15, 0.2) is 0 Å². The molecule has 0 aliphatic heterocycles. The van der Waals surface area contributed by atoms with Crippen molar-refractivity contribution in [3.8, 4) is 0 Å². The molecule has 0 radical (unpaired) electrons. The Hall–Kier alpha value is -0.120. The molecule has 2 atom stereocenters. The molecule has 21 heavy (non-hydrogen) atoms. The molecule has 2 unspecified atom stereocenters. The molecule has 0 aromatic heterocycles. The Kier molecular flexibility index (Phi) is 13.5. The molecule has 0 aromatic rings. The lowest BCUT2D eigenvalue weighted by Crippen LogP contribution is -2.54. The molecule has 0 saturated heterocycles. The van der Waals surface area contributed by atoms with Crippen LogP contribution in [-0.2, 0) is 4.74 Å². The molecular weight excluding hydrogens is 260 g/mol. The van der Waals surface area contributed by atoms with Crippen LogP contribution in [0.4, 0.5) is 0 Å². The van der Waals surface area contributed by atoms with Crippen LogP contribution in [0.5, 0.6) is 0 Å². The van der Waals surface area contributed by atoms with E-state index >= 15 is 0 Å². The van der Waals surface area contributed by atoms with Crippen LogP contribution >= 0.6 is 0 Å². The van der Waals surface area contributed by atoms with E-state index in [0.29, 0.717) is 18.1 Å². The summed E-state index contributed by atoms with van der Waals surface area (Å²) in [6, 6.07) is 1.90. The Balaban J connectivity index is 5.01. The minimum absolute atomic E-state index is 0.609. The maximum Gasteiger partial charge on any atom is 0.0589 e. The van der Waals surface area contributed by atoms with Gasteiger partial charge in [-0.25, -0.2) is 0 Å². The number of hydrogen-bond acceptors (Lipinski definition) is 3. The summed E-state index contributed by atoms with van der Waals surface area (Å²) in [5.74, 6) is 0. The molecule has 0 aromatic carbocycles. The molecule has 0 heterocycles. The molecule has 3 nitrogen and oxygen atoms in total. The predicted molar refractivity (Wildman–Crippen MR) is 94.0 cm³/mol. The highest BCUT2D eigenvalue weighted by atomic mass is 16.5. The number of hydrogen-bond donors (Lipinski definition) is 1. The largest absolute Gasteiger partial charge is 0.383 e. The SMILES string of the molecule is CCCNC(CCC)C(CC)N(CCOC)C(CC)CC. The summed E-state index contributed by atoms with van der Waals surface area (Å²) in [7, 11) is 1.81. The first kappa shape index (κ1) is 20.9. The number of nitrogens with zero attached hydrogens (tertiary/aromatic N) is 1. The van der Waals surface area contributed by atoms with Crippen molar-refractivity contribution >= 4 is 0 Å². The Labute approximate surface area is 133 Å². The third-order valence-electron chi connectivity index (χ3n) is 4.53. The van der Waals surface area contributed by atoms with E-state index in [-0.39, 0.29) is 0 Å². The van der Waals surface area contributed by atoms with Crippen LogP contribution in [0.25, 0.3) is 0 Å². The van der Waals surface area contributed by atoms with E-state index < -0.39 is 0 Å². The highest BCUT2D eigenvalue weighted by molar-refractivity contribution is 4.87. The second kappa shape index (κ2) is 13.5. The van der Waals surface area contributed by atoms with Crippen molar-refractivity contribution in [2.75, 3.05) is 26.8 Å². The van der Waals surface area contributed by atoms with Gasteiger partial charge in [0.05, 0.1) is 6.61 Å². The second-order valence-electron chi connectivity index (χ2n) is 6.03. The Morgan fingerprint density at radius 2 is 1.62 bits per heavy atom. The van der Waals surface area contributed by atoms with Crippen LogP contribution in [0.1, 0.15) is 73.1 Å². The number of nitrogens with one attached hydrogen (secondary N) is 1. The fourth-order valence-electron chi connectivity index (χ4n) is 3.39. The minimum Gasteiger partial charge on any atom is -0.383 e. The van der Waals surface area contributed by atoms with Gasteiger partial charge >= 0.3 is 0 Å². The zero-order valence-electron chi connectivity index (χ0n) is 15.5.